The van der Waals surface area contributed by atoms with Crippen LogP contribution in [0.15, 0.2) is 48.5 Å². The van der Waals surface area contributed by atoms with Gasteiger partial charge in [0.15, 0.2) is 6.10 Å². The van der Waals surface area contributed by atoms with Crippen molar-refractivity contribution in [2.75, 3.05) is 11.9 Å². The monoisotopic (exact) mass is 341 g/mol. The summed E-state index contributed by atoms with van der Waals surface area (Å²) in [5, 5.41) is 2.89. The van der Waals surface area contributed by atoms with E-state index in [0.29, 0.717) is 12.4 Å². The van der Waals surface area contributed by atoms with Crippen LogP contribution in [0.1, 0.15) is 39.2 Å². The molecule has 134 valence electrons. The molecule has 0 fully saturated rings. The highest BCUT2D eigenvalue weighted by atomic mass is 16.5. The number of amides is 1. The maximum atomic E-state index is 12.3. The maximum Gasteiger partial charge on any atom is 0.265 e. The van der Waals surface area contributed by atoms with Crippen LogP contribution in [-0.4, -0.2) is 18.6 Å². The molecule has 4 nitrogen and oxygen atoms in total. The summed E-state index contributed by atoms with van der Waals surface area (Å²) in [7, 11) is 0. The summed E-state index contributed by atoms with van der Waals surface area (Å²) in [6, 6.07) is 15.3. The molecule has 0 heterocycles. The molecule has 25 heavy (non-hydrogen) atoms. The molecular formula is C21H27NO3. The standard InChI is InChI=1S/C21H27NO3/c1-4-6-7-17-8-10-18(11-9-17)22-21(23)16(3)25-20-14-12-19(13-15-20)24-5-2/h8-16H,4-7H2,1-3H3,(H,22,23). The Morgan fingerprint density at radius 2 is 1.64 bits per heavy atom. The fourth-order valence-corrected chi connectivity index (χ4v) is 2.42. The predicted molar refractivity (Wildman–Crippen MR) is 101 cm³/mol. The minimum atomic E-state index is -0.585. The Labute approximate surface area is 150 Å². The largest absolute Gasteiger partial charge is 0.494 e. The third-order valence-electron chi connectivity index (χ3n) is 3.86. The van der Waals surface area contributed by atoms with Gasteiger partial charge < -0.3 is 14.8 Å². The van der Waals surface area contributed by atoms with E-state index in [1.807, 2.05) is 31.2 Å². The van der Waals surface area contributed by atoms with Gasteiger partial charge in [-0.05, 0) is 68.7 Å². The lowest BCUT2D eigenvalue weighted by Crippen LogP contribution is -2.30. The second-order valence-corrected chi connectivity index (χ2v) is 5.95. The Balaban J connectivity index is 1.86. The lowest BCUT2D eigenvalue weighted by molar-refractivity contribution is -0.122. The summed E-state index contributed by atoms with van der Waals surface area (Å²) in [5.41, 5.74) is 2.07. The van der Waals surface area contributed by atoms with Crippen LogP contribution < -0.4 is 14.8 Å². The zero-order chi connectivity index (χ0) is 18.1. The molecule has 1 N–H and O–H groups in total. The van der Waals surface area contributed by atoms with Gasteiger partial charge in [-0.3, -0.25) is 4.79 Å². The van der Waals surface area contributed by atoms with Gasteiger partial charge in [-0.2, -0.15) is 0 Å². The second-order valence-electron chi connectivity index (χ2n) is 5.95. The second kappa shape index (κ2) is 9.72. The Morgan fingerprint density at radius 3 is 2.24 bits per heavy atom. The normalized spacial score (nSPS) is 11.6. The van der Waals surface area contributed by atoms with Crippen molar-refractivity contribution >= 4 is 11.6 Å². The van der Waals surface area contributed by atoms with E-state index >= 15 is 0 Å². The molecule has 2 rings (SSSR count). The number of hydrogen-bond donors (Lipinski definition) is 1. The molecule has 0 saturated heterocycles. The molecule has 1 amide bonds. The lowest BCUT2D eigenvalue weighted by Gasteiger charge is -2.15. The van der Waals surface area contributed by atoms with Crippen molar-refractivity contribution in [3.63, 3.8) is 0 Å². The van der Waals surface area contributed by atoms with E-state index in [4.69, 9.17) is 9.47 Å². The first-order chi connectivity index (χ1) is 12.1. The number of benzene rings is 2. The van der Waals surface area contributed by atoms with E-state index in [-0.39, 0.29) is 5.91 Å². The van der Waals surface area contributed by atoms with E-state index in [0.717, 1.165) is 17.9 Å². The molecule has 0 aliphatic rings. The number of ether oxygens (including phenoxy) is 2. The molecule has 0 aromatic heterocycles. The van der Waals surface area contributed by atoms with Crippen molar-refractivity contribution < 1.29 is 14.3 Å². The SMILES string of the molecule is CCCCc1ccc(NC(=O)C(C)Oc2ccc(OCC)cc2)cc1. The van der Waals surface area contributed by atoms with Gasteiger partial charge in [0.1, 0.15) is 11.5 Å². The van der Waals surface area contributed by atoms with Gasteiger partial charge in [0, 0.05) is 5.69 Å². The van der Waals surface area contributed by atoms with Crippen LogP contribution in [0, 0.1) is 0 Å². The average Bonchev–Trinajstić information content (AvgIpc) is 2.63. The number of carbonyl (C=O) groups excluding carboxylic acids is 1. The molecule has 0 radical (unpaired) electrons. The number of hydrogen-bond acceptors (Lipinski definition) is 3. The Morgan fingerprint density at radius 1 is 1.00 bits per heavy atom. The minimum absolute atomic E-state index is 0.171. The van der Waals surface area contributed by atoms with Gasteiger partial charge >= 0.3 is 0 Å². The van der Waals surface area contributed by atoms with Crippen LogP contribution in [0.4, 0.5) is 5.69 Å². The number of anilines is 1. The van der Waals surface area contributed by atoms with E-state index < -0.39 is 6.10 Å². The number of unbranched alkanes of at least 4 members (excludes halogenated alkanes) is 1. The number of carbonyl (C=O) groups is 1. The molecule has 0 aliphatic carbocycles. The van der Waals surface area contributed by atoms with E-state index in [1.165, 1.54) is 18.4 Å². The zero-order valence-electron chi connectivity index (χ0n) is 15.2. The van der Waals surface area contributed by atoms with Gasteiger partial charge in [-0.25, -0.2) is 0 Å². The van der Waals surface area contributed by atoms with Crippen molar-refractivity contribution in [2.45, 2.75) is 46.1 Å². The predicted octanol–water partition coefficient (Wildman–Crippen LogP) is 4.83. The fourth-order valence-electron chi connectivity index (χ4n) is 2.42. The molecule has 2 aromatic carbocycles. The van der Waals surface area contributed by atoms with Crippen LogP contribution in [0.5, 0.6) is 11.5 Å². The highest BCUT2D eigenvalue weighted by molar-refractivity contribution is 5.94. The third kappa shape index (κ3) is 6.14. The van der Waals surface area contributed by atoms with Gasteiger partial charge in [-0.15, -0.1) is 0 Å². The maximum absolute atomic E-state index is 12.3. The van der Waals surface area contributed by atoms with Gasteiger partial charge in [-0.1, -0.05) is 25.5 Å². The third-order valence-corrected chi connectivity index (χ3v) is 3.86. The number of rotatable bonds is 9. The van der Waals surface area contributed by atoms with Gasteiger partial charge in [0.2, 0.25) is 0 Å². The number of nitrogens with one attached hydrogen (secondary N) is 1. The van der Waals surface area contributed by atoms with Crippen LogP contribution in [0.2, 0.25) is 0 Å². The van der Waals surface area contributed by atoms with Gasteiger partial charge in [0.05, 0.1) is 6.61 Å². The molecular weight excluding hydrogens is 314 g/mol. The fraction of sp³-hybridized carbons (Fsp3) is 0.381. The zero-order valence-corrected chi connectivity index (χ0v) is 15.2. The summed E-state index contributed by atoms with van der Waals surface area (Å²) in [6.07, 6.45) is 2.84. The van der Waals surface area contributed by atoms with Crippen molar-refractivity contribution in [3.05, 3.63) is 54.1 Å². The van der Waals surface area contributed by atoms with Crippen LogP contribution in [-0.2, 0) is 11.2 Å². The van der Waals surface area contributed by atoms with Crippen molar-refractivity contribution in [1.29, 1.82) is 0 Å². The van der Waals surface area contributed by atoms with Crippen molar-refractivity contribution in [2.24, 2.45) is 0 Å². The first kappa shape index (κ1) is 18.8. The number of aryl methyl sites for hydroxylation is 1. The molecule has 2 aromatic rings. The van der Waals surface area contributed by atoms with E-state index in [2.05, 4.69) is 24.4 Å². The summed E-state index contributed by atoms with van der Waals surface area (Å²) in [4.78, 5) is 12.3. The smallest absolute Gasteiger partial charge is 0.265 e. The summed E-state index contributed by atoms with van der Waals surface area (Å²) >= 11 is 0. The molecule has 0 bridgehead atoms. The van der Waals surface area contributed by atoms with E-state index in [9.17, 15) is 4.79 Å². The Kier molecular flexibility index (Phi) is 7.33. The van der Waals surface area contributed by atoms with Crippen LogP contribution in [0.3, 0.4) is 0 Å². The molecule has 0 aliphatic heterocycles. The molecule has 0 saturated carbocycles. The quantitative estimate of drug-likeness (QED) is 0.710. The van der Waals surface area contributed by atoms with Crippen molar-refractivity contribution in [3.8, 4) is 11.5 Å². The van der Waals surface area contributed by atoms with Crippen LogP contribution >= 0.6 is 0 Å². The molecule has 1 atom stereocenters. The first-order valence-electron chi connectivity index (χ1n) is 8.91. The lowest BCUT2D eigenvalue weighted by atomic mass is 10.1. The minimum Gasteiger partial charge on any atom is -0.494 e. The molecule has 1 unspecified atom stereocenters. The van der Waals surface area contributed by atoms with Crippen molar-refractivity contribution in [1.82, 2.24) is 0 Å². The first-order valence-corrected chi connectivity index (χ1v) is 8.91. The molecule has 0 spiro atoms. The van der Waals surface area contributed by atoms with Gasteiger partial charge in [0.25, 0.3) is 5.91 Å². The molecule has 4 heteroatoms. The Hall–Kier alpha value is -2.49. The highest BCUT2D eigenvalue weighted by Crippen LogP contribution is 2.19. The summed E-state index contributed by atoms with van der Waals surface area (Å²) < 4.78 is 11.1. The summed E-state index contributed by atoms with van der Waals surface area (Å²) in [6.45, 7) is 6.48. The average molecular weight is 341 g/mol. The summed E-state index contributed by atoms with van der Waals surface area (Å²) in [5.74, 6) is 1.26. The van der Waals surface area contributed by atoms with Crippen LogP contribution in [0.25, 0.3) is 0 Å². The topological polar surface area (TPSA) is 47.6 Å². The highest BCUT2D eigenvalue weighted by Gasteiger charge is 2.15. The van der Waals surface area contributed by atoms with E-state index in [1.54, 1.807) is 19.1 Å². The Bertz CT molecular complexity index is 650.